The Hall–Kier alpha value is 14.2. The smallest absolute Gasteiger partial charge is 2.00 e. The first-order valence-electron chi connectivity index (χ1n) is 1.85. The molecule has 140 valence electrons. The zero-order valence-corrected chi connectivity index (χ0v) is 46.9. The van der Waals surface area contributed by atoms with Gasteiger partial charge in [-0.3, -0.25) is 0 Å². The van der Waals surface area contributed by atoms with Crippen LogP contribution in [0.25, 0.3) is 0 Å². The van der Waals surface area contributed by atoms with E-state index in [-0.39, 0.29) is 453 Å². The second-order valence-electron chi connectivity index (χ2n) is 0.756. The van der Waals surface area contributed by atoms with E-state index in [4.69, 9.17) is 55.9 Å². The van der Waals surface area contributed by atoms with E-state index in [1.54, 1.807) is 0 Å². The van der Waals surface area contributed by atoms with Gasteiger partial charge in [-0.05, 0) is 0 Å². The first kappa shape index (κ1) is 112. The van der Waals surface area contributed by atoms with Crippen LogP contribution in [0, 0.1) is 43.1 Å². The fourth-order valence-corrected chi connectivity index (χ4v) is 0. The Morgan fingerprint density at radius 3 is 0.241 bits per heavy atom. The van der Waals surface area contributed by atoms with Gasteiger partial charge in [-0.25, -0.2) is 0 Å². The minimum absolute atomic E-state index is 0. The van der Waals surface area contributed by atoms with Crippen molar-refractivity contribution in [2.45, 2.75) is 0 Å². The van der Waals surface area contributed by atoms with Crippen LogP contribution in [0.3, 0.4) is 0 Å². The summed E-state index contributed by atoms with van der Waals surface area (Å²) in [6.07, 6.45) is 0. The Kier molecular flexibility index (Phi) is 403. The van der Waals surface area contributed by atoms with E-state index in [1.165, 1.54) is 0 Å². The molecule has 0 spiro atoms. The zero-order chi connectivity index (χ0) is 14.3. The van der Waals surface area contributed by atoms with Gasteiger partial charge in [-0.1, -0.05) is 0 Å². The molecule has 0 saturated heterocycles. The van der Waals surface area contributed by atoms with Crippen LogP contribution in [0.5, 0.6) is 0 Å². The molecule has 16 nitrogen and oxygen atoms in total. The molecule has 0 heterocycles. The molecule has 29 heteroatoms. The van der Waals surface area contributed by atoms with Gasteiger partial charge in [-0.2, -0.15) is 0 Å². The Morgan fingerprint density at radius 2 is 0.241 bits per heavy atom. The number of rotatable bonds is 0. The Morgan fingerprint density at radius 1 is 0.241 bits per heavy atom. The minimum atomic E-state index is -2.85. The zero-order valence-electron chi connectivity index (χ0n) is 16.4. The fraction of sp³-hybridized carbons (Fsp3) is 0. The summed E-state index contributed by atoms with van der Waals surface area (Å²) >= 11 is 0. The Labute approximate surface area is 532 Å². The molecule has 0 amide bonds. The monoisotopic (exact) mass is 899 g/mol. The van der Waals surface area contributed by atoms with Crippen LogP contribution in [0.4, 0.5) is 0 Å². The second kappa shape index (κ2) is 104. The molecule has 0 bridgehead atoms. The third kappa shape index (κ3) is 337. The molecule has 0 N–H and O–H groups in total. The summed E-state index contributed by atoms with van der Waals surface area (Å²) in [4.78, 5) is 0. The maximum absolute atomic E-state index is 8.41. The molecule has 0 atom stereocenters. The fourth-order valence-electron chi connectivity index (χ4n) is 0. The SMILES string of the molecule is [K+].[K+].[K+].[K+].[K+].[K+].[K+].[K+].[O-2].[O-2].[O-2].[O-2].[O-][Cl+2]([O-])[O-].[O-][Cl+2]([O-])[O-].[O-][Cl+2]([O-])[O-].[O-][Cl+2]([O-])[O-].[Os+4]. The summed E-state index contributed by atoms with van der Waals surface area (Å²) in [6, 6.07) is 0. The van der Waals surface area contributed by atoms with E-state index in [2.05, 4.69) is 0 Å². The molecule has 0 saturated carbocycles. The van der Waals surface area contributed by atoms with Gasteiger partial charge in [0.15, 0.2) is 0 Å². The van der Waals surface area contributed by atoms with Crippen molar-refractivity contribution in [3.8, 4) is 0 Å². The molecule has 0 fully saturated rings. The van der Waals surface area contributed by atoms with Gasteiger partial charge in [0.2, 0.25) is 0 Å². The molecular formula is Cl4K8O16Os. The summed E-state index contributed by atoms with van der Waals surface area (Å²) in [5.41, 5.74) is 0. The molecule has 0 aromatic rings. The van der Waals surface area contributed by atoms with Crippen molar-refractivity contribution >= 4 is 0 Å². The second-order valence-corrected chi connectivity index (χ2v) is 2.27. The van der Waals surface area contributed by atoms with Crippen molar-refractivity contribution in [3.05, 3.63) is 0 Å². The average Bonchev–Trinajstić information content (AvgIpc) is 1.76. The van der Waals surface area contributed by atoms with E-state index >= 15 is 0 Å². The van der Waals surface area contributed by atoms with E-state index < -0.39 is 43.1 Å². The number of halogens is 4. The van der Waals surface area contributed by atoms with Crippen molar-refractivity contribution in [2.24, 2.45) is 0 Å². The first-order valence-corrected chi connectivity index (χ1v) is 5.55. The van der Waals surface area contributed by atoms with Gasteiger partial charge >= 0.3 is 431 Å². The number of hydrogen-bond acceptors (Lipinski definition) is 12. The third-order valence-corrected chi connectivity index (χ3v) is 0. The largest absolute Gasteiger partial charge is 4.00 e. The van der Waals surface area contributed by atoms with Crippen LogP contribution in [-0.4, -0.2) is 0 Å². The summed E-state index contributed by atoms with van der Waals surface area (Å²) in [5, 5.41) is 0. The van der Waals surface area contributed by atoms with Gasteiger partial charge in [0.1, 0.15) is 0 Å². The average molecular weight is 901 g/mol. The van der Waals surface area contributed by atoms with Crippen molar-refractivity contribution < 1.29 is 552 Å². The summed E-state index contributed by atoms with van der Waals surface area (Å²) in [7, 11) is -11.4. The molecule has 0 aromatic carbocycles. The molecule has 0 rings (SSSR count). The van der Waals surface area contributed by atoms with Crippen LogP contribution >= 0.6 is 0 Å². The van der Waals surface area contributed by atoms with Gasteiger partial charge < -0.3 is 77.8 Å². The summed E-state index contributed by atoms with van der Waals surface area (Å²) < 4.78 is 101. The molecule has 0 unspecified atom stereocenters. The van der Waals surface area contributed by atoms with Crippen LogP contribution in [-0.2, 0) is 41.7 Å². The van der Waals surface area contributed by atoms with Crippen molar-refractivity contribution in [1.29, 1.82) is 0 Å². The normalized spacial score (nSPS) is 4.97. The van der Waals surface area contributed by atoms with Crippen molar-refractivity contribution in [1.82, 2.24) is 0 Å². The van der Waals surface area contributed by atoms with Gasteiger partial charge in [-0.15, -0.1) is 0 Å². The third-order valence-electron chi connectivity index (χ3n) is 0. The quantitative estimate of drug-likeness (QED) is 0.205. The van der Waals surface area contributed by atoms with Crippen LogP contribution < -0.4 is 467 Å². The molecular weight excluding hydrogens is 901 g/mol. The topological polar surface area (TPSA) is 391 Å². The Bertz CT molecular complexity index is 87.9. The maximum Gasteiger partial charge on any atom is 4.00 e. The van der Waals surface area contributed by atoms with Gasteiger partial charge in [0.05, 0.1) is 43.1 Å². The van der Waals surface area contributed by atoms with Crippen LogP contribution in [0.2, 0.25) is 0 Å². The molecule has 0 aliphatic carbocycles. The summed E-state index contributed by atoms with van der Waals surface area (Å²) in [6.45, 7) is 0. The van der Waals surface area contributed by atoms with Gasteiger partial charge in [0, 0.05) is 0 Å². The predicted octanol–water partition coefficient (Wildman–Crippen LogP) is -38.7. The molecule has 0 radical (unpaired) electrons. The Balaban J connectivity index is -0.00000000384. The molecule has 0 aliphatic rings. The van der Waals surface area contributed by atoms with Crippen molar-refractivity contribution in [3.63, 3.8) is 0 Å². The number of hydrogen-bond donors (Lipinski definition) is 0. The van der Waals surface area contributed by atoms with E-state index in [1.807, 2.05) is 0 Å². The maximum atomic E-state index is 8.41. The summed E-state index contributed by atoms with van der Waals surface area (Å²) in [5.74, 6) is 0. The van der Waals surface area contributed by atoms with Gasteiger partial charge in [0.25, 0.3) is 0 Å². The molecule has 29 heavy (non-hydrogen) atoms. The van der Waals surface area contributed by atoms with E-state index in [0.717, 1.165) is 0 Å². The first-order chi connectivity index (χ1) is 6.93. The van der Waals surface area contributed by atoms with Crippen molar-refractivity contribution in [2.75, 3.05) is 0 Å². The van der Waals surface area contributed by atoms with Crippen LogP contribution in [0.1, 0.15) is 0 Å². The molecule has 0 aromatic heterocycles. The van der Waals surface area contributed by atoms with E-state index in [9.17, 15) is 0 Å². The van der Waals surface area contributed by atoms with Crippen LogP contribution in [0.15, 0.2) is 0 Å². The minimum Gasteiger partial charge on any atom is -2.00 e. The van der Waals surface area contributed by atoms with E-state index in [0.29, 0.717) is 0 Å². The standard InChI is InChI=1S/4ClO3.8K.4O.Os/c4*2-1(3)4;;;;;;;;;;;;;/q4*-1;8*+1;4*-2;+4. The molecule has 0 aliphatic heterocycles. The predicted molar refractivity (Wildman–Crippen MR) is 2.75 cm³/mol.